The Kier molecular flexibility index (Phi) is 5.48. The quantitative estimate of drug-likeness (QED) is 0.516. The zero-order chi connectivity index (χ0) is 20.3. The highest BCUT2D eigenvalue weighted by atomic mass is 16.5. The fourth-order valence-electron chi connectivity index (χ4n) is 4.94. The van der Waals surface area contributed by atoms with Gasteiger partial charge in [0.1, 0.15) is 0 Å². The molecule has 0 N–H and O–H groups in total. The predicted octanol–water partition coefficient (Wildman–Crippen LogP) is 5.49. The monoisotopic (exact) mass is 386 g/mol. The van der Waals surface area contributed by atoms with E-state index in [9.17, 15) is 9.59 Å². The average Bonchev–Trinajstić information content (AvgIpc) is 3.13. The molecule has 1 saturated carbocycles. The summed E-state index contributed by atoms with van der Waals surface area (Å²) in [7, 11) is 0. The Morgan fingerprint density at radius 3 is 2.48 bits per heavy atom. The third-order valence-electron chi connectivity index (χ3n) is 6.18. The fourth-order valence-corrected chi connectivity index (χ4v) is 4.94. The number of rotatable bonds is 4. The van der Waals surface area contributed by atoms with Gasteiger partial charge in [-0.15, -0.1) is 0 Å². The Labute approximate surface area is 172 Å². The Morgan fingerprint density at radius 1 is 1.10 bits per heavy atom. The van der Waals surface area contributed by atoms with E-state index < -0.39 is 5.41 Å². The second-order valence-electron chi connectivity index (χ2n) is 7.77. The van der Waals surface area contributed by atoms with Crippen LogP contribution in [-0.2, 0) is 14.3 Å². The van der Waals surface area contributed by atoms with Gasteiger partial charge >= 0.3 is 5.97 Å². The van der Waals surface area contributed by atoms with Crippen molar-refractivity contribution in [1.82, 2.24) is 0 Å². The van der Waals surface area contributed by atoms with Crippen LogP contribution in [0.3, 0.4) is 0 Å². The second kappa shape index (κ2) is 8.20. The molecule has 0 unspecified atom stereocenters. The van der Waals surface area contributed by atoms with Gasteiger partial charge in [-0.25, -0.2) is 4.79 Å². The minimum Gasteiger partial charge on any atom is -0.463 e. The largest absolute Gasteiger partial charge is 0.463 e. The van der Waals surface area contributed by atoms with E-state index in [4.69, 9.17) is 4.74 Å². The summed E-state index contributed by atoms with van der Waals surface area (Å²) in [5.41, 5.74) is 2.66. The highest BCUT2D eigenvalue weighted by molar-refractivity contribution is 6.12. The molecule has 0 heterocycles. The maximum Gasteiger partial charge on any atom is 0.334 e. The maximum atomic E-state index is 13.9. The summed E-state index contributed by atoms with van der Waals surface area (Å²) < 4.78 is 5.36. The number of ether oxygens (including phenoxy) is 1. The SMILES string of the molecule is CCOC(=O)C1=CC[C@@H](c2ccccc2)[C@@]12CCC/C(=C\c1ccccc1)C2=O. The van der Waals surface area contributed by atoms with Crippen molar-refractivity contribution in [1.29, 1.82) is 0 Å². The Bertz CT molecular complexity index is 956. The summed E-state index contributed by atoms with van der Waals surface area (Å²) >= 11 is 0. The first-order chi connectivity index (χ1) is 14.2. The normalized spacial score (nSPS) is 25.3. The van der Waals surface area contributed by atoms with Gasteiger partial charge in [-0.1, -0.05) is 66.7 Å². The molecule has 0 radical (unpaired) electrons. The van der Waals surface area contributed by atoms with Gasteiger partial charge < -0.3 is 4.74 Å². The highest BCUT2D eigenvalue weighted by Crippen LogP contribution is 2.57. The molecule has 4 rings (SSSR count). The number of hydrogen-bond acceptors (Lipinski definition) is 3. The molecule has 29 heavy (non-hydrogen) atoms. The Balaban J connectivity index is 1.80. The zero-order valence-corrected chi connectivity index (χ0v) is 16.8. The van der Waals surface area contributed by atoms with Crippen LogP contribution in [0.5, 0.6) is 0 Å². The number of carbonyl (C=O) groups is 2. The van der Waals surface area contributed by atoms with Crippen molar-refractivity contribution in [2.75, 3.05) is 6.61 Å². The van der Waals surface area contributed by atoms with Crippen LogP contribution in [0.4, 0.5) is 0 Å². The van der Waals surface area contributed by atoms with E-state index in [1.807, 2.05) is 60.7 Å². The first kappa shape index (κ1) is 19.4. The fraction of sp³-hybridized carbons (Fsp3) is 0.308. The minimum atomic E-state index is -0.827. The van der Waals surface area contributed by atoms with Crippen molar-refractivity contribution in [2.45, 2.75) is 38.5 Å². The summed E-state index contributed by atoms with van der Waals surface area (Å²) in [5.74, 6) is -0.298. The van der Waals surface area contributed by atoms with Gasteiger partial charge in [0.2, 0.25) is 0 Å². The number of hydrogen-bond donors (Lipinski definition) is 0. The lowest BCUT2D eigenvalue weighted by Crippen LogP contribution is -2.42. The molecule has 0 aromatic heterocycles. The highest BCUT2D eigenvalue weighted by Gasteiger charge is 2.55. The van der Waals surface area contributed by atoms with E-state index in [0.29, 0.717) is 25.0 Å². The maximum absolute atomic E-state index is 13.9. The van der Waals surface area contributed by atoms with Crippen LogP contribution in [0.25, 0.3) is 6.08 Å². The first-order valence-corrected chi connectivity index (χ1v) is 10.4. The van der Waals surface area contributed by atoms with Crippen LogP contribution in [0.2, 0.25) is 0 Å². The summed E-state index contributed by atoms with van der Waals surface area (Å²) in [6.45, 7) is 2.11. The van der Waals surface area contributed by atoms with Crippen LogP contribution in [0, 0.1) is 5.41 Å². The molecule has 2 atom stereocenters. The summed E-state index contributed by atoms with van der Waals surface area (Å²) in [4.78, 5) is 26.8. The van der Waals surface area contributed by atoms with Crippen molar-refractivity contribution in [2.24, 2.45) is 5.41 Å². The van der Waals surface area contributed by atoms with Crippen LogP contribution in [-0.4, -0.2) is 18.4 Å². The van der Waals surface area contributed by atoms with Gasteiger partial charge in [0.05, 0.1) is 12.0 Å². The predicted molar refractivity (Wildman–Crippen MR) is 114 cm³/mol. The molecular weight excluding hydrogens is 360 g/mol. The zero-order valence-electron chi connectivity index (χ0n) is 16.8. The topological polar surface area (TPSA) is 43.4 Å². The lowest BCUT2D eigenvalue weighted by Gasteiger charge is -2.40. The van der Waals surface area contributed by atoms with Crippen LogP contribution in [0.1, 0.15) is 49.7 Å². The molecule has 148 valence electrons. The summed E-state index contributed by atoms with van der Waals surface area (Å²) in [6, 6.07) is 20.0. The number of esters is 1. The molecule has 1 spiro atoms. The van der Waals surface area contributed by atoms with Gasteiger partial charge in [-0.2, -0.15) is 0 Å². The van der Waals surface area contributed by atoms with E-state index in [1.54, 1.807) is 6.92 Å². The summed E-state index contributed by atoms with van der Waals surface area (Å²) in [6.07, 6.45) is 6.92. The third kappa shape index (κ3) is 3.46. The molecule has 0 aliphatic heterocycles. The molecule has 1 fully saturated rings. The number of carbonyl (C=O) groups excluding carboxylic acids is 2. The Morgan fingerprint density at radius 2 is 1.79 bits per heavy atom. The van der Waals surface area contributed by atoms with E-state index in [0.717, 1.165) is 29.5 Å². The standard InChI is InChI=1S/C26H26O3/c1-2-29-25(28)23-16-15-22(20-12-7-4-8-13-20)26(23)17-9-14-21(24(26)27)18-19-10-5-3-6-11-19/h3-8,10-13,16,18,22H,2,9,14-15,17H2,1H3/b21-18+/t22-,26-/m0/s1. The third-order valence-corrected chi connectivity index (χ3v) is 6.18. The summed E-state index contributed by atoms with van der Waals surface area (Å²) in [5, 5.41) is 0. The van der Waals surface area contributed by atoms with Crippen molar-refractivity contribution < 1.29 is 14.3 Å². The molecule has 3 nitrogen and oxygen atoms in total. The van der Waals surface area contributed by atoms with Crippen molar-refractivity contribution in [3.63, 3.8) is 0 Å². The van der Waals surface area contributed by atoms with Gasteiger partial charge in [-0.05, 0) is 55.4 Å². The van der Waals surface area contributed by atoms with Gasteiger partial charge in [0.15, 0.2) is 5.78 Å². The van der Waals surface area contributed by atoms with Crippen LogP contribution in [0.15, 0.2) is 77.9 Å². The second-order valence-corrected chi connectivity index (χ2v) is 7.77. The Hall–Kier alpha value is -2.94. The molecule has 0 bridgehead atoms. The molecular formula is C26H26O3. The van der Waals surface area contributed by atoms with Gasteiger partial charge in [0, 0.05) is 11.5 Å². The van der Waals surface area contributed by atoms with E-state index in [-0.39, 0.29) is 17.7 Å². The van der Waals surface area contributed by atoms with Crippen molar-refractivity contribution >= 4 is 17.8 Å². The average molecular weight is 386 g/mol. The number of benzene rings is 2. The number of Topliss-reactive ketones (excluding diaryl/α,β-unsaturated/α-hetero) is 1. The van der Waals surface area contributed by atoms with Crippen LogP contribution < -0.4 is 0 Å². The molecule has 2 aliphatic rings. The van der Waals surface area contributed by atoms with Crippen molar-refractivity contribution in [3.05, 3.63) is 89.0 Å². The molecule has 2 aromatic carbocycles. The lowest BCUT2D eigenvalue weighted by molar-refractivity contribution is -0.142. The molecule has 0 amide bonds. The van der Waals surface area contributed by atoms with E-state index >= 15 is 0 Å². The number of ketones is 1. The molecule has 0 saturated heterocycles. The van der Waals surface area contributed by atoms with Crippen LogP contribution >= 0.6 is 0 Å². The van der Waals surface area contributed by atoms with Gasteiger partial charge in [-0.3, -0.25) is 4.79 Å². The minimum absolute atomic E-state index is 0.0323. The lowest BCUT2D eigenvalue weighted by atomic mass is 9.60. The van der Waals surface area contributed by atoms with Crippen molar-refractivity contribution in [3.8, 4) is 0 Å². The molecule has 3 heteroatoms. The molecule has 2 aliphatic carbocycles. The smallest absolute Gasteiger partial charge is 0.334 e. The van der Waals surface area contributed by atoms with E-state index in [1.165, 1.54) is 0 Å². The van der Waals surface area contributed by atoms with E-state index in [2.05, 4.69) is 12.1 Å². The first-order valence-electron chi connectivity index (χ1n) is 10.4. The number of allylic oxidation sites excluding steroid dienone is 2. The van der Waals surface area contributed by atoms with Gasteiger partial charge in [0.25, 0.3) is 0 Å². The molecule has 2 aromatic rings.